The summed E-state index contributed by atoms with van der Waals surface area (Å²) in [5, 5.41) is 4.30. The maximum Gasteiger partial charge on any atom is 0.223 e. The summed E-state index contributed by atoms with van der Waals surface area (Å²) in [6.07, 6.45) is 4.11. The Hall–Kier alpha value is -2.14. The van der Waals surface area contributed by atoms with Gasteiger partial charge in [-0.3, -0.25) is 4.79 Å². The van der Waals surface area contributed by atoms with E-state index in [4.69, 9.17) is 11.5 Å². The van der Waals surface area contributed by atoms with Crippen molar-refractivity contribution in [2.24, 2.45) is 16.9 Å². The number of benzene rings is 1. The van der Waals surface area contributed by atoms with Gasteiger partial charge in [-0.25, -0.2) is 4.68 Å². The minimum atomic E-state index is -0.631. The first-order valence-corrected chi connectivity index (χ1v) is 6.55. The fourth-order valence-corrected chi connectivity index (χ4v) is 2.02. The summed E-state index contributed by atoms with van der Waals surface area (Å²) >= 11 is 0. The first kappa shape index (κ1) is 14.3. The van der Waals surface area contributed by atoms with Crippen molar-refractivity contribution >= 4 is 5.91 Å². The van der Waals surface area contributed by atoms with E-state index in [2.05, 4.69) is 5.10 Å². The zero-order valence-electron chi connectivity index (χ0n) is 11.8. The molecule has 0 aliphatic carbocycles. The Morgan fingerprint density at radius 3 is 2.60 bits per heavy atom. The molecule has 0 saturated carbocycles. The smallest absolute Gasteiger partial charge is 0.223 e. The molecule has 0 radical (unpaired) electrons. The number of hydrogen-bond donors (Lipinski definition) is 2. The topological polar surface area (TPSA) is 86.9 Å². The summed E-state index contributed by atoms with van der Waals surface area (Å²) in [7, 11) is 0. The van der Waals surface area contributed by atoms with Gasteiger partial charge in [0.05, 0.1) is 11.9 Å². The van der Waals surface area contributed by atoms with Crippen molar-refractivity contribution in [1.82, 2.24) is 9.78 Å². The van der Waals surface area contributed by atoms with Gasteiger partial charge in [0.25, 0.3) is 0 Å². The Kier molecular flexibility index (Phi) is 3.90. The van der Waals surface area contributed by atoms with Crippen molar-refractivity contribution < 1.29 is 4.79 Å². The molecule has 0 fully saturated rings. The Morgan fingerprint density at radius 2 is 2.00 bits per heavy atom. The van der Waals surface area contributed by atoms with Crippen LogP contribution in [0.4, 0.5) is 0 Å². The minimum Gasteiger partial charge on any atom is -0.369 e. The zero-order chi connectivity index (χ0) is 14.8. The summed E-state index contributed by atoms with van der Waals surface area (Å²) in [5.74, 6) is -0.344. The number of nitrogens with zero attached hydrogens (tertiary/aromatic N) is 2. The van der Waals surface area contributed by atoms with Gasteiger partial charge in [0.2, 0.25) is 5.91 Å². The average Bonchev–Trinajstić information content (AvgIpc) is 2.88. The standard InChI is InChI=1S/C15H20N4O/c1-15(2,14(17)20)8-13(16)11-9-18-19(10-11)12-6-4-3-5-7-12/h3-7,9-10,13H,8,16H2,1-2H3,(H2,17,20). The molecule has 1 amide bonds. The van der Waals surface area contributed by atoms with Crippen LogP contribution in [0.15, 0.2) is 42.7 Å². The zero-order valence-corrected chi connectivity index (χ0v) is 11.8. The molecule has 1 heterocycles. The summed E-state index contributed by atoms with van der Waals surface area (Å²) in [6, 6.07) is 9.52. The van der Waals surface area contributed by atoms with E-state index in [0.717, 1.165) is 11.3 Å². The van der Waals surface area contributed by atoms with E-state index in [0.29, 0.717) is 6.42 Å². The lowest BCUT2D eigenvalue weighted by Gasteiger charge is -2.23. The molecule has 1 aromatic carbocycles. The predicted molar refractivity (Wildman–Crippen MR) is 78.1 cm³/mol. The number of hydrogen-bond acceptors (Lipinski definition) is 3. The minimum absolute atomic E-state index is 0.269. The summed E-state index contributed by atoms with van der Waals surface area (Å²) in [6.45, 7) is 3.60. The third-order valence-electron chi connectivity index (χ3n) is 3.45. The highest BCUT2D eigenvalue weighted by atomic mass is 16.1. The van der Waals surface area contributed by atoms with Crippen LogP contribution in [0, 0.1) is 5.41 Å². The van der Waals surface area contributed by atoms with Gasteiger partial charge in [-0.1, -0.05) is 32.0 Å². The summed E-state index contributed by atoms with van der Waals surface area (Å²) < 4.78 is 1.77. The third kappa shape index (κ3) is 3.05. The maximum atomic E-state index is 11.4. The van der Waals surface area contributed by atoms with Gasteiger partial charge >= 0.3 is 0 Å². The highest BCUT2D eigenvalue weighted by Gasteiger charge is 2.28. The molecule has 0 aliphatic heterocycles. The molecule has 106 valence electrons. The lowest BCUT2D eigenvalue weighted by atomic mass is 9.84. The van der Waals surface area contributed by atoms with Gasteiger partial charge in [-0.15, -0.1) is 0 Å². The molecule has 0 saturated heterocycles. The molecule has 20 heavy (non-hydrogen) atoms. The van der Waals surface area contributed by atoms with Crippen LogP contribution < -0.4 is 11.5 Å². The number of nitrogens with two attached hydrogens (primary N) is 2. The lowest BCUT2D eigenvalue weighted by Crippen LogP contribution is -2.34. The van der Waals surface area contributed by atoms with E-state index in [1.54, 1.807) is 24.7 Å². The predicted octanol–water partition coefficient (Wildman–Crippen LogP) is 1.77. The quantitative estimate of drug-likeness (QED) is 0.869. The van der Waals surface area contributed by atoms with E-state index >= 15 is 0 Å². The van der Waals surface area contributed by atoms with Crippen LogP contribution in [0.1, 0.15) is 31.9 Å². The molecule has 5 nitrogen and oxygen atoms in total. The summed E-state index contributed by atoms with van der Waals surface area (Å²) in [5.41, 5.74) is 12.8. The van der Waals surface area contributed by atoms with Crippen LogP contribution in [0.2, 0.25) is 0 Å². The van der Waals surface area contributed by atoms with Gasteiger partial charge in [-0.05, 0) is 18.6 Å². The normalized spacial score (nSPS) is 13.2. The van der Waals surface area contributed by atoms with Crippen molar-refractivity contribution in [2.45, 2.75) is 26.3 Å². The number of carbonyl (C=O) groups is 1. The second-order valence-electron chi connectivity index (χ2n) is 5.61. The Balaban J connectivity index is 2.15. The SMILES string of the molecule is CC(C)(CC(N)c1cnn(-c2ccccc2)c1)C(N)=O. The maximum absolute atomic E-state index is 11.4. The van der Waals surface area contributed by atoms with Gasteiger partial charge < -0.3 is 11.5 Å². The lowest BCUT2D eigenvalue weighted by molar-refractivity contribution is -0.126. The van der Waals surface area contributed by atoms with Crippen LogP contribution in [0.5, 0.6) is 0 Å². The Bertz CT molecular complexity index is 589. The van der Waals surface area contributed by atoms with Crippen molar-refractivity contribution in [3.05, 3.63) is 48.3 Å². The van der Waals surface area contributed by atoms with Gasteiger partial charge in [0.1, 0.15) is 0 Å². The molecule has 4 N–H and O–H groups in total. The van der Waals surface area contributed by atoms with Crippen LogP contribution in [-0.2, 0) is 4.79 Å². The van der Waals surface area contributed by atoms with Crippen molar-refractivity contribution in [2.75, 3.05) is 0 Å². The number of para-hydroxylation sites is 1. The van der Waals surface area contributed by atoms with Crippen LogP contribution in [0.25, 0.3) is 5.69 Å². The molecule has 1 atom stereocenters. The molecule has 1 unspecified atom stereocenters. The Morgan fingerprint density at radius 1 is 1.35 bits per heavy atom. The molecule has 0 aliphatic rings. The van der Waals surface area contributed by atoms with E-state index in [1.165, 1.54) is 0 Å². The fourth-order valence-electron chi connectivity index (χ4n) is 2.02. The number of amides is 1. The molecule has 1 aromatic heterocycles. The van der Waals surface area contributed by atoms with Gasteiger partial charge in [-0.2, -0.15) is 5.10 Å². The highest BCUT2D eigenvalue weighted by molar-refractivity contribution is 5.79. The van der Waals surface area contributed by atoms with Crippen molar-refractivity contribution in [3.63, 3.8) is 0 Å². The average molecular weight is 272 g/mol. The third-order valence-corrected chi connectivity index (χ3v) is 3.45. The molecule has 5 heteroatoms. The number of primary amides is 1. The molecular formula is C15H20N4O. The number of carbonyl (C=O) groups excluding carboxylic acids is 1. The van der Waals surface area contributed by atoms with Crippen LogP contribution >= 0.6 is 0 Å². The largest absolute Gasteiger partial charge is 0.369 e. The van der Waals surface area contributed by atoms with Crippen molar-refractivity contribution in [1.29, 1.82) is 0 Å². The first-order valence-electron chi connectivity index (χ1n) is 6.55. The van der Waals surface area contributed by atoms with E-state index in [-0.39, 0.29) is 11.9 Å². The molecule has 0 spiro atoms. The summed E-state index contributed by atoms with van der Waals surface area (Å²) in [4.78, 5) is 11.4. The fraction of sp³-hybridized carbons (Fsp3) is 0.333. The molecule has 2 rings (SSSR count). The molecular weight excluding hydrogens is 252 g/mol. The number of rotatable bonds is 5. The van der Waals surface area contributed by atoms with E-state index < -0.39 is 5.41 Å². The Labute approximate surface area is 118 Å². The number of aromatic nitrogens is 2. The van der Waals surface area contributed by atoms with E-state index in [1.807, 2.05) is 36.5 Å². The highest BCUT2D eigenvalue weighted by Crippen LogP contribution is 2.28. The monoisotopic (exact) mass is 272 g/mol. The van der Waals surface area contributed by atoms with E-state index in [9.17, 15) is 4.79 Å². The second kappa shape index (κ2) is 5.46. The van der Waals surface area contributed by atoms with Gasteiger partial charge in [0, 0.05) is 23.2 Å². The van der Waals surface area contributed by atoms with Crippen LogP contribution in [-0.4, -0.2) is 15.7 Å². The van der Waals surface area contributed by atoms with Crippen LogP contribution in [0.3, 0.4) is 0 Å². The second-order valence-corrected chi connectivity index (χ2v) is 5.61. The van der Waals surface area contributed by atoms with Crippen molar-refractivity contribution in [3.8, 4) is 5.69 Å². The van der Waals surface area contributed by atoms with Gasteiger partial charge in [0.15, 0.2) is 0 Å². The first-order chi connectivity index (χ1) is 9.40. The molecule has 0 bridgehead atoms. The molecule has 2 aromatic rings.